The topological polar surface area (TPSA) is 97.2 Å². The number of rotatable bonds is 8. The van der Waals surface area contributed by atoms with Gasteiger partial charge in [0.15, 0.2) is 0 Å². The van der Waals surface area contributed by atoms with Crippen molar-refractivity contribution in [1.82, 2.24) is 10.3 Å². The summed E-state index contributed by atoms with van der Waals surface area (Å²) < 4.78 is 0. The first-order valence-electron chi connectivity index (χ1n) is 8.92. The van der Waals surface area contributed by atoms with Crippen molar-refractivity contribution < 1.29 is 9.72 Å². The molecule has 0 saturated carbocycles. The molecule has 0 aliphatic rings. The molecular formula is C21H19ClN4O3. The molecule has 2 aromatic carbocycles. The molecule has 148 valence electrons. The van der Waals surface area contributed by atoms with E-state index in [-0.39, 0.29) is 18.0 Å². The molecule has 0 saturated heterocycles. The highest BCUT2D eigenvalue weighted by atomic mass is 35.5. The minimum absolute atomic E-state index is 0.000624. The maximum atomic E-state index is 12.1. The smallest absolute Gasteiger partial charge is 0.269 e. The van der Waals surface area contributed by atoms with Gasteiger partial charge < -0.3 is 10.6 Å². The number of carbonyl (C=O) groups is 1. The Bertz CT molecular complexity index is 995. The summed E-state index contributed by atoms with van der Waals surface area (Å²) >= 11 is 6.11. The molecule has 1 amide bonds. The second-order valence-electron chi connectivity index (χ2n) is 6.39. The molecule has 1 aromatic heterocycles. The molecule has 29 heavy (non-hydrogen) atoms. The Labute approximate surface area is 172 Å². The molecule has 7 nitrogen and oxygen atoms in total. The van der Waals surface area contributed by atoms with Gasteiger partial charge in [0.1, 0.15) is 0 Å². The number of halogens is 1. The highest BCUT2D eigenvalue weighted by molar-refractivity contribution is 6.31. The number of amides is 1. The Morgan fingerprint density at radius 1 is 1.00 bits per heavy atom. The van der Waals surface area contributed by atoms with Gasteiger partial charge in [-0.2, -0.15) is 0 Å². The van der Waals surface area contributed by atoms with Gasteiger partial charge in [-0.1, -0.05) is 23.7 Å². The summed E-state index contributed by atoms with van der Waals surface area (Å²) in [6.07, 6.45) is 3.66. The van der Waals surface area contributed by atoms with Gasteiger partial charge in [-0.15, -0.1) is 0 Å². The van der Waals surface area contributed by atoms with Crippen LogP contribution in [0.5, 0.6) is 0 Å². The molecular weight excluding hydrogens is 392 g/mol. The van der Waals surface area contributed by atoms with Crippen LogP contribution in [0, 0.1) is 10.1 Å². The number of pyridine rings is 1. The molecule has 0 aliphatic heterocycles. The van der Waals surface area contributed by atoms with Gasteiger partial charge in [0, 0.05) is 48.3 Å². The molecule has 0 fully saturated rings. The minimum Gasteiger partial charge on any atom is -0.381 e. The molecule has 0 radical (unpaired) electrons. The Hall–Kier alpha value is -3.45. The predicted octanol–water partition coefficient (Wildman–Crippen LogP) is 4.11. The van der Waals surface area contributed by atoms with E-state index in [0.29, 0.717) is 23.7 Å². The maximum absolute atomic E-state index is 12.1. The summed E-state index contributed by atoms with van der Waals surface area (Å²) in [5, 5.41) is 17.4. The van der Waals surface area contributed by atoms with Crippen molar-refractivity contribution in [3.8, 4) is 0 Å². The SMILES string of the molecule is O=C(Cc1ccc(NCc2cc([N+](=O)[O-])ccc2Cl)cc1)NCc1ccncc1. The molecule has 0 bridgehead atoms. The zero-order chi connectivity index (χ0) is 20.6. The number of carbonyl (C=O) groups excluding carboxylic acids is 1. The van der Waals surface area contributed by atoms with Crippen LogP contribution >= 0.6 is 11.6 Å². The quantitative estimate of drug-likeness (QED) is 0.430. The largest absolute Gasteiger partial charge is 0.381 e. The zero-order valence-electron chi connectivity index (χ0n) is 15.5. The lowest BCUT2D eigenvalue weighted by molar-refractivity contribution is -0.384. The van der Waals surface area contributed by atoms with Gasteiger partial charge in [-0.05, 0) is 47.0 Å². The highest BCUT2D eigenvalue weighted by Gasteiger charge is 2.10. The van der Waals surface area contributed by atoms with E-state index < -0.39 is 4.92 Å². The Balaban J connectivity index is 1.52. The van der Waals surface area contributed by atoms with Crippen LogP contribution in [0.25, 0.3) is 0 Å². The number of non-ortho nitro benzene ring substituents is 1. The lowest BCUT2D eigenvalue weighted by atomic mass is 10.1. The van der Waals surface area contributed by atoms with Crippen molar-refractivity contribution in [2.24, 2.45) is 0 Å². The van der Waals surface area contributed by atoms with Gasteiger partial charge in [-0.25, -0.2) is 0 Å². The van der Waals surface area contributed by atoms with Crippen molar-refractivity contribution >= 4 is 28.9 Å². The average molecular weight is 411 g/mol. The summed E-state index contributed by atoms with van der Waals surface area (Å²) in [7, 11) is 0. The van der Waals surface area contributed by atoms with E-state index in [1.165, 1.54) is 18.2 Å². The molecule has 2 N–H and O–H groups in total. The normalized spacial score (nSPS) is 10.4. The molecule has 0 spiro atoms. The number of hydrogen-bond acceptors (Lipinski definition) is 5. The van der Waals surface area contributed by atoms with Crippen LogP contribution < -0.4 is 10.6 Å². The molecule has 1 heterocycles. The third-order valence-electron chi connectivity index (χ3n) is 4.28. The first-order chi connectivity index (χ1) is 14.0. The number of hydrogen-bond donors (Lipinski definition) is 2. The average Bonchev–Trinajstić information content (AvgIpc) is 2.73. The third-order valence-corrected chi connectivity index (χ3v) is 4.65. The van der Waals surface area contributed by atoms with Crippen LogP contribution in [0.3, 0.4) is 0 Å². The monoisotopic (exact) mass is 410 g/mol. The summed E-state index contributed by atoms with van der Waals surface area (Å²) in [4.78, 5) is 26.5. The first kappa shape index (κ1) is 20.3. The van der Waals surface area contributed by atoms with Gasteiger partial charge in [0.2, 0.25) is 5.91 Å². The molecule has 0 unspecified atom stereocenters. The van der Waals surface area contributed by atoms with E-state index in [0.717, 1.165) is 16.8 Å². The molecule has 0 atom stereocenters. The number of nitro benzene ring substituents is 1. The number of nitrogens with zero attached hydrogens (tertiary/aromatic N) is 2. The van der Waals surface area contributed by atoms with Gasteiger partial charge in [0.25, 0.3) is 5.69 Å². The van der Waals surface area contributed by atoms with E-state index in [2.05, 4.69) is 15.6 Å². The van der Waals surface area contributed by atoms with Crippen molar-refractivity contribution in [1.29, 1.82) is 0 Å². The van der Waals surface area contributed by atoms with E-state index in [1.54, 1.807) is 12.4 Å². The molecule has 8 heteroatoms. The summed E-state index contributed by atoms with van der Waals surface area (Å²) in [5.74, 6) is -0.0640. The molecule has 0 aliphatic carbocycles. The van der Waals surface area contributed by atoms with E-state index in [1.807, 2.05) is 36.4 Å². The van der Waals surface area contributed by atoms with Crippen LogP contribution in [0.15, 0.2) is 67.0 Å². The number of benzene rings is 2. The Kier molecular flexibility index (Phi) is 6.76. The number of anilines is 1. The number of nitrogens with one attached hydrogen (secondary N) is 2. The molecule has 3 rings (SSSR count). The lowest BCUT2D eigenvalue weighted by Crippen LogP contribution is -2.24. The number of nitro groups is 1. The van der Waals surface area contributed by atoms with Crippen LogP contribution in [-0.4, -0.2) is 15.8 Å². The fraction of sp³-hybridized carbons (Fsp3) is 0.143. The highest BCUT2D eigenvalue weighted by Crippen LogP contribution is 2.23. The number of aromatic nitrogens is 1. The van der Waals surface area contributed by atoms with Crippen molar-refractivity contribution in [2.75, 3.05) is 5.32 Å². The van der Waals surface area contributed by atoms with E-state index in [9.17, 15) is 14.9 Å². The first-order valence-corrected chi connectivity index (χ1v) is 9.30. The fourth-order valence-electron chi connectivity index (χ4n) is 2.70. The Morgan fingerprint density at radius 3 is 2.41 bits per heavy atom. The van der Waals surface area contributed by atoms with Gasteiger partial charge in [-0.3, -0.25) is 19.9 Å². The summed E-state index contributed by atoms with van der Waals surface area (Å²) in [6, 6.07) is 15.5. The van der Waals surface area contributed by atoms with Gasteiger partial charge in [0.05, 0.1) is 11.3 Å². The second kappa shape index (κ2) is 9.66. The van der Waals surface area contributed by atoms with Crippen molar-refractivity contribution in [2.45, 2.75) is 19.5 Å². The van der Waals surface area contributed by atoms with Crippen molar-refractivity contribution in [3.63, 3.8) is 0 Å². The standard InChI is InChI=1S/C21H19ClN4O3/c22-20-6-5-19(26(28)29)12-17(20)14-24-18-3-1-15(2-4-18)11-21(27)25-13-16-7-9-23-10-8-16/h1-10,12,24H,11,13-14H2,(H,25,27). The fourth-order valence-corrected chi connectivity index (χ4v) is 2.88. The van der Waals surface area contributed by atoms with Crippen LogP contribution in [0.2, 0.25) is 5.02 Å². The summed E-state index contributed by atoms with van der Waals surface area (Å²) in [6.45, 7) is 0.817. The molecule has 3 aromatic rings. The van der Waals surface area contributed by atoms with Gasteiger partial charge >= 0.3 is 0 Å². The lowest BCUT2D eigenvalue weighted by Gasteiger charge is -2.09. The minimum atomic E-state index is -0.450. The predicted molar refractivity (Wildman–Crippen MR) is 112 cm³/mol. The second-order valence-corrected chi connectivity index (χ2v) is 6.80. The maximum Gasteiger partial charge on any atom is 0.269 e. The van der Waals surface area contributed by atoms with Crippen LogP contribution in [-0.2, 0) is 24.3 Å². The Morgan fingerprint density at radius 2 is 1.72 bits per heavy atom. The van der Waals surface area contributed by atoms with Crippen molar-refractivity contribution in [3.05, 3.63) is 98.8 Å². The third kappa shape index (κ3) is 6.02. The van der Waals surface area contributed by atoms with E-state index >= 15 is 0 Å². The van der Waals surface area contributed by atoms with E-state index in [4.69, 9.17) is 11.6 Å². The van der Waals surface area contributed by atoms with Crippen LogP contribution in [0.1, 0.15) is 16.7 Å². The van der Waals surface area contributed by atoms with Crippen LogP contribution in [0.4, 0.5) is 11.4 Å². The summed E-state index contributed by atoms with van der Waals surface area (Å²) in [5.41, 5.74) is 3.34. The zero-order valence-corrected chi connectivity index (χ0v) is 16.2.